The summed E-state index contributed by atoms with van der Waals surface area (Å²) in [6, 6.07) is 1.35. The smallest absolute Gasteiger partial charge is 0.337 e. The number of rotatable bonds is 5. The van der Waals surface area contributed by atoms with Gasteiger partial charge in [0.2, 0.25) is 0 Å². The first kappa shape index (κ1) is 15.4. The third kappa shape index (κ3) is 2.73. The Morgan fingerprint density at radius 3 is 2.86 bits per heavy atom. The Bertz CT molecular complexity index is 765. The molecule has 0 bridgehead atoms. The lowest BCUT2D eigenvalue weighted by Crippen LogP contribution is -2.04. The summed E-state index contributed by atoms with van der Waals surface area (Å²) < 4.78 is 15.6. The molecular formula is C15H15FN4O2. The van der Waals surface area contributed by atoms with Crippen LogP contribution in [0.1, 0.15) is 28.5 Å². The van der Waals surface area contributed by atoms with Gasteiger partial charge < -0.3 is 10.4 Å². The molecule has 7 heteroatoms. The van der Waals surface area contributed by atoms with Crippen LogP contribution in [0.3, 0.4) is 0 Å². The number of nitrogens with zero attached hydrogens (tertiary/aromatic N) is 3. The number of aryl methyl sites for hydroxylation is 1. The lowest BCUT2D eigenvalue weighted by molar-refractivity contribution is 0.0698. The number of carboxylic acids is 1. The molecule has 2 rings (SSSR count). The Hall–Kier alpha value is -2.96. The predicted molar refractivity (Wildman–Crippen MR) is 82.5 cm³/mol. The van der Waals surface area contributed by atoms with Gasteiger partial charge in [0.05, 0.1) is 28.7 Å². The highest BCUT2D eigenvalue weighted by atomic mass is 19.1. The van der Waals surface area contributed by atoms with Gasteiger partial charge in [-0.05, 0) is 19.1 Å². The predicted octanol–water partition coefficient (Wildman–Crippen LogP) is 3.23. The maximum absolute atomic E-state index is 14.1. The Labute approximate surface area is 126 Å². The van der Waals surface area contributed by atoms with E-state index in [0.29, 0.717) is 5.69 Å². The van der Waals surface area contributed by atoms with Crippen LogP contribution in [-0.2, 0) is 7.05 Å². The van der Waals surface area contributed by atoms with E-state index in [1.54, 1.807) is 14.0 Å². The summed E-state index contributed by atoms with van der Waals surface area (Å²) in [5.41, 5.74) is 0.959. The van der Waals surface area contributed by atoms with Crippen molar-refractivity contribution in [3.8, 4) is 0 Å². The van der Waals surface area contributed by atoms with Gasteiger partial charge in [0.1, 0.15) is 5.83 Å². The summed E-state index contributed by atoms with van der Waals surface area (Å²) >= 11 is 0. The molecule has 2 aromatic rings. The summed E-state index contributed by atoms with van der Waals surface area (Å²) in [6.45, 7) is 5.21. The average Bonchev–Trinajstić information content (AvgIpc) is 2.82. The molecule has 0 aromatic carbocycles. The van der Waals surface area contributed by atoms with Crippen LogP contribution in [-0.4, -0.2) is 25.8 Å². The van der Waals surface area contributed by atoms with Crippen molar-refractivity contribution in [1.29, 1.82) is 0 Å². The van der Waals surface area contributed by atoms with Gasteiger partial charge in [-0.15, -0.1) is 0 Å². The van der Waals surface area contributed by atoms with E-state index < -0.39 is 11.8 Å². The van der Waals surface area contributed by atoms with Gasteiger partial charge in [0.25, 0.3) is 0 Å². The van der Waals surface area contributed by atoms with Gasteiger partial charge in [-0.3, -0.25) is 9.67 Å². The number of carbonyl (C=O) groups is 1. The Kier molecular flexibility index (Phi) is 4.36. The Morgan fingerprint density at radius 1 is 1.55 bits per heavy atom. The van der Waals surface area contributed by atoms with Crippen molar-refractivity contribution in [2.75, 3.05) is 5.32 Å². The second-order valence-corrected chi connectivity index (χ2v) is 4.42. The number of aromatic carboxylic acids is 1. The van der Waals surface area contributed by atoms with Crippen molar-refractivity contribution in [2.45, 2.75) is 6.92 Å². The first-order valence-corrected chi connectivity index (χ1v) is 6.45. The minimum Gasteiger partial charge on any atom is -0.478 e. The van der Waals surface area contributed by atoms with Crippen molar-refractivity contribution in [2.24, 2.45) is 7.05 Å². The van der Waals surface area contributed by atoms with E-state index in [-0.39, 0.29) is 22.6 Å². The van der Waals surface area contributed by atoms with E-state index in [1.165, 1.54) is 35.3 Å². The van der Waals surface area contributed by atoms with Gasteiger partial charge in [0, 0.05) is 13.2 Å². The molecule has 0 fully saturated rings. The normalized spacial score (nSPS) is 11.3. The number of hydrogen-bond donors (Lipinski definition) is 2. The fourth-order valence-electron chi connectivity index (χ4n) is 2.05. The van der Waals surface area contributed by atoms with Crippen LogP contribution in [0.15, 0.2) is 31.1 Å². The average molecular weight is 302 g/mol. The molecule has 114 valence electrons. The number of halogens is 1. The zero-order valence-corrected chi connectivity index (χ0v) is 12.2. The van der Waals surface area contributed by atoms with Crippen molar-refractivity contribution in [3.63, 3.8) is 0 Å². The number of pyridine rings is 1. The number of nitrogens with one attached hydrogen (secondary N) is 1. The third-order valence-corrected chi connectivity index (χ3v) is 3.08. The van der Waals surface area contributed by atoms with E-state index in [0.717, 1.165) is 0 Å². The fourth-order valence-corrected chi connectivity index (χ4v) is 2.05. The second kappa shape index (κ2) is 6.21. The van der Waals surface area contributed by atoms with Gasteiger partial charge >= 0.3 is 5.97 Å². The number of aromatic nitrogens is 3. The molecule has 0 unspecified atom stereocenters. The zero-order chi connectivity index (χ0) is 16.3. The summed E-state index contributed by atoms with van der Waals surface area (Å²) in [4.78, 5) is 15.1. The highest BCUT2D eigenvalue weighted by Crippen LogP contribution is 2.31. The van der Waals surface area contributed by atoms with Crippen LogP contribution in [0.2, 0.25) is 0 Å². The molecule has 0 atom stereocenters. The molecule has 2 heterocycles. The molecule has 22 heavy (non-hydrogen) atoms. The minimum absolute atomic E-state index is 0.0210. The molecule has 0 saturated carbocycles. The molecule has 0 aliphatic heterocycles. The van der Waals surface area contributed by atoms with Crippen LogP contribution in [0.4, 0.5) is 15.9 Å². The Morgan fingerprint density at radius 2 is 2.27 bits per heavy atom. The van der Waals surface area contributed by atoms with Crippen molar-refractivity contribution < 1.29 is 14.3 Å². The molecule has 0 radical (unpaired) electrons. The molecule has 6 nitrogen and oxygen atoms in total. The standard InChI is InChI=1S/C15H15FN4O2/c1-4-10(16)13-12(5-2)20(3)19-14(13)18-11-8-17-7-6-9(11)15(21)22/h4-8H,2H2,1,3H3,(H,18,19)(H,21,22)/b10-4+. The first-order valence-electron chi connectivity index (χ1n) is 6.45. The molecule has 0 saturated heterocycles. The number of anilines is 2. The Balaban J connectivity index is 2.56. The monoisotopic (exact) mass is 302 g/mol. The number of carboxylic acid groups (broad SMARTS) is 1. The lowest BCUT2D eigenvalue weighted by Gasteiger charge is -2.08. The molecule has 0 amide bonds. The first-order chi connectivity index (χ1) is 10.5. The SMILES string of the molecule is C=Cc1c(/C(F)=C\C)c(Nc2cnccc2C(=O)O)nn1C. The highest BCUT2D eigenvalue weighted by Gasteiger charge is 2.20. The maximum atomic E-state index is 14.1. The number of hydrogen-bond acceptors (Lipinski definition) is 4. The topological polar surface area (TPSA) is 80.0 Å². The summed E-state index contributed by atoms with van der Waals surface area (Å²) in [7, 11) is 1.65. The molecule has 0 spiro atoms. The molecular weight excluding hydrogens is 287 g/mol. The zero-order valence-electron chi connectivity index (χ0n) is 12.2. The molecule has 0 aliphatic carbocycles. The van der Waals surface area contributed by atoms with Crippen molar-refractivity contribution in [1.82, 2.24) is 14.8 Å². The van der Waals surface area contributed by atoms with Crippen molar-refractivity contribution >= 4 is 29.4 Å². The summed E-state index contributed by atoms with van der Waals surface area (Å²) in [6.07, 6.45) is 5.51. The third-order valence-electron chi connectivity index (χ3n) is 3.08. The minimum atomic E-state index is -1.11. The molecule has 0 aliphatic rings. The van der Waals surface area contributed by atoms with Gasteiger partial charge in [-0.25, -0.2) is 9.18 Å². The quantitative estimate of drug-likeness (QED) is 0.886. The van der Waals surface area contributed by atoms with Crippen LogP contribution in [0, 0.1) is 0 Å². The van der Waals surface area contributed by atoms with E-state index in [1.807, 2.05) is 0 Å². The maximum Gasteiger partial charge on any atom is 0.337 e. The summed E-state index contributed by atoms with van der Waals surface area (Å²) in [5, 5.41) is 16.2. The van der Waals surface area contributed by atoms with Crippen LogP contribution in [0.5, 0.6) is 0 Å². The van der Waals surface area contributed by atoms with Gasteiger partial charge in [0.15, 0.2) is 5.82 Å². The largest absolute Gasteiger partial charge is 0.478 e. The van der Waals surface area contributed by atoms with E-state index in [4.69, 9.17) is 0 Å². The number of allylic oxidation sites excluding steroid dienone is 1. The van der Waals surface area contributed by atoms with Crippen molar-refractivity contribution in [3.05, 3.63) is 47.9 Å². The summed E-state index contributed by atoms with van der Waals surface area (Å²) in [5.74, 6) is -1.40. The van der Waals surface area contributed by atoms with Gasteiger partial charge in [-0.2, -0.15) is 5.10 Å². The molecule has 2 aromatic heterocycles. The second-order valence-electron chi connectivity index (χ2n) is 4.42. The highest BCUT2D eigenvalue weighted by molar-refractivity contribution is 5.95. The van der Waals surface area contributed by atoms with E-state index >= 15 is 0 Å². The van der Waals surface area contributed by atoms with Crippen LogP contribution in [0.25, 0.3) is 11.9 Å². The molecule has 2 N–H and O–H groups in total. The van der Waals surface area contributed by atoms with Crippen LogP contribution < -0.4 is 5.32 Å². The van der Waals surface area contributed by atoms with E-state index in [2.05, 4.69) is 22.0 Å². The lowest BCUT2D eigenvalue weighted by atomic mass is 10.1. The van der Waals surface area contributed by atoms with Gasteiger partial charge in [-0.1, -0.05) is 12.7 Å². The van der Waals surface area contributed by atoms with Crippen LogP contribution >= 0.6 is 0 Å². The fraction of sp³-hybridized carbons (Fsp3) is 0.133. The van der Waals surface area contributed by atoms with E-state index in [9.17, 15) is 14.3 Å².